The zero-order chi connectivity index (χ0) is 23.7. The van der Waals surface area contributed by atoms with Crippen molar-refractivity contribution >= 4 is 56.3 Å². The number of primary amides is 1. The van der Waals surface area contributed by atoms with Gasteiger partial charge in [0.2, 0.25) is 5.91 Å². The molecule has 0 unspecified atom stereocenters. The van der Waals surface area contributed by atoms with Crippen LogP contribution in [0.5, 0.6) is 0 Å². The maximum absolute atomic E-state index is 12.4. The van der Waals surface area contributed by atoms with Gasteiger partial charge in [-0.1, -0.05) is 6.07 Å². The van der Waals surface area contributed by atoms with Gasteiger partial charge in [-0.3, -0.25) is 14.5 Å². The van der Waals surface area contributed by atoms with Crippen molar-refractivity contribution in [3.63, 3.8) is 0 Å². The number of hydrogen-bond donors (Lipinski definition) is 4. The zero-order valence-corrected chi connectivity index (χ0v) is 19.5. The summed E-state index contributed by atoms with van der Waals surface area (Å²) in [5, 5.41) is 20.4. The number of nitrogens with zero attached hydrogens (tertiary/aromatic N) is 4. The van der Waals surface area contributed by atoms with Crippen LogP contribution in [-0.4, -0.2) is 68.6 Å². The molecule has 5 rings (SSSR count). The van der Waals surface area contributed by atoms with Gasteiger partial charge in [0.15, 0.2) is 5.82 Å². The van der Waals surface area contributed by atoms with Gasteiger partial charge in [0.05, 0.1) is 33.8 Å². The molecule has 0 radical (unpaired) electrons. The van der Waals surface area contributed by atoms with Crippen LogP contribution in [-0.2, 0) is 4.79 Å². The summed E-state index contributed by atoms with van der Waals surface area (Å²) in [6.45, 7) is 0.907. The molecule has 4 aromatic heterocycles. The standard InChI is InChI=1S/C22H21N7O3S2/c23-17(31)11-29-9-14(15(30)10-29)26-21-19-13(4-7-34-19)25-20(28-21)12-3-5-24-18(8-12)27-22(32)16-2-1-6-33-16/h1-8,14-15,30H,9-11H2,(H2,23,31)(H,24,27,32)(H,25,26,28)/t14-,15-/m0/s1. The number of thiophene rings is 2. The number of likely N-dealkylation sites (tertiary alicyclic amines) is 1. The van der Waals surface area contributed by atoms with E-state index in [1.54, 1.807) is 24.4 Å². The monoisotopic (exact) mass is 495 g/mol. The summed E-state index contributed by atoms with van der Waals surface area (Å²) < 4.78 is 0.865. The first-order valence-electron chi connectivity index (χ1n) is 10.5. The molecule has 34 heavy (non-hydrogen) atoms. The Kier molecular flexibility index (Phi) is 6.20. The quantitative estimate of drug-likeness (QED) is 0.305. The highest BCUT2D eigenvalue weighted by atomic mass is 32.1. The molecule has 174 valence electrons. The smallest absolute Gasteiger partial charge is 0.266 e. The number of pyridine rings is 1. The van der Waals surface area contributed by atoms with Gasteiger partial charge in [-0.15, -0.1) is 22.7 Å². The minimum absolute atomic E-state index is 0.0929. The number of nitrogens with one attached hydrogen (secondary N) is 2. The van der Waals surface area contributed by atoms with Crippen LogP contribution in [0.1, 0.15) is 9.67 Å². The first-order chi connectivity index (χ1) is 16.5. The Morgan fingerprint density at radius 1 is 1.18 bits per heavy atom. The van der Waals surface area contributed by atoms with Crippen molar-refractivity contribution in [1.29, 1.82) is 0 Å². The fraction of sp³-hybridized carbons (Fsp3) is 0.227. The number of aliphatic hydroxyl groups is 1. The van der Waals surface area contributed by atoms with Crippen LogP contribution in [0, 0.1) is 0 Å². The van der Waals surface area contributed by atoms with E-state index in [0.29, 0.717) is 41.0 Å². The van der Waals surface area contributed by atoms with Crippen LogP contribution in [0.2, 0.25) is 0 Å². The number of carbonyl (C=O) groups is 2. The van der Waals surface area contributed by atoms with E-state index in [2.05, 4.69) is 20.6 Å². The molecule has 5 N–H and O–H groups in total. The lowest BCUT2D eigenvalue weighted by atomic mass is 10.2. The minimum atomic E-state index is -0.673. The van der Waals surface area contributed by atoms with Crippen LogP contribution >= 0.6 is 22.7 Å². The lowest BCUT2D eigenvalue weighted by molar-refractivity contribution is -0.118. The number of aliphatic hydroxyl groups excluding tert-OH is 1. The molecule has 0 bridgehead atoms. The number of carbonyl (C=O) groups excluding carboxylic acids is 2. The van der Waals surface area contributed by atoms with Crippen molar-refractivity contribution in [2.45, 2.75) is 12.1 Å². The molecule has 1 fully saturated rings. The van der Waals surface area contributed by atoms with Crippen LogP contribution in [0.25, 0.3) is 21.6 Å². The largest absolute Gasteiger partial charge is 0.390 e. The van der Waals surface area contributed by atoms with Crippen LogP contribution in [0.4, 0.5) is 11.6 Å². The van der Waals surface area contributed by atoms with E-state index in [-0.39, 0.29) is 18.5 Å². The van der Waals surface area contributed by atoms with Crippen molar-refractivity contribution in [3.05, 3.63) is 52.2 Å². The summed E-state index contributed by atoms with van der Waals surface area (Å²) in [6.07, 6.45) is 0.920. The second-order valence-electron chi connectivity index (χ2n) is 7.87. The first kappa shape index (κ1) is 22.3. The van der Waals surface area contributed by atoms with Gasteiger partial charge in [-0.05, 0) is 35.0 Å². The first-order valence-corrected chi connectivity index (χ1v) is 12.2. The van der Waals surface area contributed by atoms with Gasteiger partial charge in [-0.2, -0.15) is 0 Å². The third-order valence-electron chi connectivity index (χ3n) is 5.37. The summed E-state index contributed by atoms with van der Waals surface area (Å²) in [4.78, 5) is 39.7. The highest BCUT2D eigenvalue weighted by Gasteiger charge is 2.32. The number of fused-ring (bicyclic) bond motifs is 1. The number of β-amino-alcohol motifs (C(OH)–C–C–N with tert-alkyl or cyclic N) is 1. The zero-order valence-electron chi connectivity index (χ0n) is 17.8. The second-order valence-corrected chi connectivity index (χ2v) is 9.73. The Labute approximate surface area is 202 Å². The van der Waals surface area contributed by atoms with Gasteiger partial charge in [0.1, 0.15) is 11.6 Å². The van der Waals surface area contributed by atoms with Crippen LogP contribution < -0.4 is 16.4 Å². The molecule has 4 aromatic rings. The molecule has 1 aliphatic rings. The number of nitrogens with two attached hydrogens (primary N) is 1. The summed E-state index contributed by atoms with van der Waals surface area (Å²) >= 11 is 2.85. The van der Waals surface area contributed by atoms with Gasteiger partial charge in [-0.25, -0.2) is 15.0 Å². The molecule has 10 nitrogen and oxygen atoms in total. The van der Waals surface area contributed by atoms with E-state index < -0.39 is 12.0 Å². The van der Waals surface area contributed by atoms with Crippen molar-refractivity contribution in [3.8, 4) is 11.4 Å². The molecule has 0 spiro atoms. The second kappa shape index (κ2) is 9.43. The molecule has 12 heteroatoms. The highest BCUT2D eigenvalue weighted by molar-refractivity contribution is 7.17. The number of amides is 2. The van der Waals surface area contributed by atoms with Crippen LogP contribution in [0.3, 0.4) is 0 Å². The summed E-state index contributed by atoms with van der Waals surface area (Å²) in [6, 6.07) is 8.65. The molecule has 0 aromatic carbocycles. The predicted octanol–water partition coefficient (Wildman–Crippen LogP) is 2.01. The maximum atomic E-state index is 12.4. The van der Waals surface area contributed by atoms with E-state index in [9.17, 15) is 14.7 Å². The van der Waals surface area contributed by atoms with E-state index in [0.717, 1.165) is 10.2 Å². The maximum Gasteiger partial charge on any atom is 0.266 e. The Balaban J connectivity index is 1.41. The lowest BCUT2D eigenvalue weighted by Gasteiger charge is -2.18. The SMILES string of the molecule is NC(=O)CN1C[C@H](Nc2nc(-c3ccnc(NC(=O)c4cccs4)c3)nc3ccsc23)[C@@H](O)C1. The van der Waals surface area contributed by atoms with Crippen LogP contribution in [0.15, 0.2) is 47.3 Å². The van der Waals surface area contributed by atoms with Gasteiger partial charge < -0.3 is 21.5 Å². The van der Waals surface area contributed by atoms with E-state index >= 15 is 0 Å². The molecule has 5 heterocycles. The van der Waals surface area contributed by atoms with Crippen molar-refractivity contribution in [2.24, 2.45) is 5.73 Å². The highest BCUT2D eigenvalue weighted by Crippen LogP contribution is 2.31. The molecule has 1 aliphatic heterocycles. The number of rotatable bonds is 7. The Morgan fingerprint density at radius 2 is 2.06 bits per heavy atom. The summed E-state index contributed by atoms with van der Waals surface area (Å²) in [7, 11) is 0. The normalized spacial score (nSPS) is 18.3. The number of aromatic nitrogens is 3. The van der Waals surface area contributed by atoms with Gasteiger partial charge in [0, 0.05) is 24.8 Å². The van der Waals surface area contributed by atoms with E-state index in [1.165, 1.54) is 22.7 Å². The topological polar surface area (TPSA) is 146 Å². The Hall–Kier alpha value is -3.45. The number of anilines is 2. The van der Waals surface area contributed by atoms with Gasteiger partial charge >= 0.3 is 0 Å². The summed E-state index contributed by atoms with van der Waals surface area (Å²) in [5.41, 5.74) is 6.75. The van der Waals surface area contributed by atoms with Crippen molar-refractivity contribution in [1.82, 2.24) is 19.9 Å². The molecular formula is C22H21N7O3S2. The average molecular weight is 496 g/mol. The Bertz CT molecular complexity index is 1340. The predicted molar refractivity (Wildman–Crippen MR) is 132 cm³/mol. The third kappa shape index (κ3) is 4.75. The lowest BCUT2D eigenvalue weighted by Crippen LogP contribution is -2.34. The molecule has 1 saturated heterocycles. The molecule has 2 atom stereocenters. The average Bonchev–Trinajstić information content (AvgIpc) is 3.55. The van der Waals surface area contributed by atoms with E-state index in [4.69, 9.17) is 10.7 Å². The fourth-order valence-corrected chi connectivity index (χ4v) is 5.25. The molecule has 0 saturated carbocycles. The summed E-state index contributed by atoms with van der Waals surface area (Å²) in [5.74, 6) is 0.794. The minimum Gasteiger partial charge on any atom is -0.390 e. The number of hydrogen-bond acceptors (Lipinski definition) is 10. The fourth-order valence-electron chi connectivity index (χ4n) is 3.85. The molecular weight excluding hydrogens is 474 g/mol. The molecule has 2 amide bonds. The third-order valence-corrected chi connectivity index (χ3v) is 7.15. The Morgan fingerprint density at radius 3 is 2.85 bits per heavy atom. The van der Waals surface area contributed by atoms with Crippen molar-refractivity contribution < 1.29 is 14.7 Å². The van der Waals surface area contributed by atoms with Gasteiger partial charge in [0.25, 0.3) is 5.91 Å². The van der Waals surface area contributed by atoms with E-state index in [1.807, 2.05) is 27.8 Å². The van der Waals surface area contributed by atoms with Crippen molar-refractivity contribution in [2.75, 3.05) is 30.3 Å². The molecule has 0 aliphatic carbocycles.